The molecule has 1 unspecified atom stereocenters. The summed E-state index contributed by atoms with van der Waals surface area (Å²) >= 11 is 0. The smallest absolute Gasteiger partial charge is 0.0796 e. The fourth-order valence-electron chi connectivity index (χ4n) is 3.49. The summed E-state index contributed by atoms with van der Waals surface area (Å²) in [6.07, 6.45) is 1.41. The number of hydrogen-bond acceptors (Lipinski definition) is 1. The molecule has 1 N–H and O–H groups in total. The molecule has 1 atom stereocenters. The molecule has 21 heavy (non-hydrogen) atoms. The second-order valence-corrected chi connectivity index (χ2v) is 5.82. The molecule has 0 heterocycles. The highest BCUT2D eigenvalue weighted by atomic mass is 16.3. The molecule has 0 bridgehead atoms. The van der Waals surface area contributed by atoms with Crippen molar-refractivity contribution in [3.05, 3.63) is 60.2 Å². The second-order valence-electron chi connectivity index (χ2n) is 5.82. The van der Waals surface area contributed by atoms with Gasteiger partial charge in [-0.15, -0.1) is 0 Å². The highest BCUT2D eigenvalue weighted by molar-refractivity contribution is 6.23. The van der Waals surface area contributed by atoms with Crippen LogP contribution in [-0.2, 0) is 0 Å². The second kappa shape index (κ2) is 4.71. The molecule has 1 heteroatoms. The number of hydrogen-bond donors (Lipinski definition) is 1. The lowest BCUT2D eigenvalue weighted by atomic mass is 9.89. The molecule has 0 saturated heterocycles. The summed E-state index contributed by atoms with van der Waals surface area (Å²) in [7, 11) is 0. The first-order valence-electron chi connectivity index (χ1n) is 7.64. The van der Waals surface area contributed by atoms with Crippen molar-refractivity contribution in [1.29, 1.82) is 0 Å². The van der Waals surface area contributed by atoms with E-state index in [1.165, 1.54) is 32.3 Å². The predicted molar refractivity (Wildman–Crippen MR) is 90.0 cm³/mol. The minimum Gasteiger partial charge on any atom is -0.388 e. The summed E-state index contributed by atoms with van der Waals surface area (Å²) < 4.78 is 0. The lowest BCUT2D eigenvalue weighted by Gasteiger charge is -2.17. The molecule has 0 saturated carbocycles. The molecule has 4 rings (SSSR count). The number of aliphatic hydroxyl groups is 1. The van der Waals surface area contributed by atoms with Crippen LogP contribution < -0.4 is 0 Å². The molecule has 4 aromatic rings. The minimum absolute atomic E-state index is 0.385. The van der Waals surface area contributed by atoms with Crippen LogP contribution in [0.25, 0.3) is 32.3 Å². The van der Waals surface area contributed by atoms with Gasteiger partial charge in [-0.05, 0) is 50.4 Å². The fourth-order valence-corrected chi connectivity index (χ4v) is 3.49. The van der Waals surface area contributed by atoms with Crippen LogP contribution in [0.15, 0.2) is 54.6 Å². The zero-order valence-corrected chi connectivity index (χ0v) is 12.1. The van der Waals surface area contributed by atoms with Crippen LogP contribution in [0.1, 0.15) is 31.4 Å². The van der Waals surface area contributed by atoms with E-state index in [0.717, 1.165) is 18.4 Å². The quantitative estimate of drug-likeness (QED) is 0.495. The Labute approximate surface area is 124 Å². The normalized spacial score (nSPS) is 13.4. The monoisotopic (exact) mass is 274 g/mol. The highest BCUT2D eigenvalue weighted by Crippen LogP contribution is 2.38. The Hall–Kier alpha value is -2.12. The third-order valence-electron chi connectivity index (χ3n) is 4.46. The van der Waals surface area contributed by atoms with Gasteiger partial charge in [0.25, 0.3) is 0 Å². The zero-order valence-electron chi connectivity index (χ0n) is 12.1. The molecule has 0 amide bonds. The van der Waals surface area contributed by atoms with Crippen molar-refractivity contribution in [2.45, 2.75) is 25.9 Å². The summed E-state index contributed by atoms with van der Waals surface area (Å²) in [6.45, 7) is 2.11. The van der Waals surface area contributed by atoms with Crippen molar-refractivity contribution in [2.24, 2.45) is 0 Å². The molecule has 0 aliphatic heterocycles. The molecule has 0 fully saturated rings. The first-order valence-corrected chi connectivity index (χ1v) is 7.64. The zero-order chi connectivity index (χ0) is 14.4. The van der Waals surface area contributed by atoms with Crippen LogP contribution in [0, 0.1) is 0 Å². The Morgan fingerprint density at radius 3 is 2.29 bits per heavy atom. The maximum absolute atomic E-state index is 10.5. The first-order chi connectivity index (χ1) is 10.3. The lowest BCUT2D eigenvalue weighted by molar-refractivity contribution is 0.168. The topological polar surface area (TPSA) is 20.2 Å². The van der Waals surface area contributed by atoms with E-state index in [2.05, 4.69) is 61.5 Å². The Kier molecular flexibility index (Phi) is 2.83. The number of rotatable bonds is 3. The summed E-state index contributed by atoms with van der Waals surface area (Å²) in [5.74, 6) is 0. The van der Waals surface area contributed by atoms with E-state index in [9.17, 15) is 5.11 Å². The SMILES string of the molecule is CCCC(O)c1cc2cccc3ccc4cccc1c4c32. The van der Waals surface area contributed by atoms with E-state index in [1.54, 1.807) is 0 Å². The van der Waals surface area contributed by atoms with Crippen molar-refractivity contribution in [3.63, 3.8) is 0 Å². The van der Waals surface area contributed by atoms with Gasteiger partial charge in [-0.1, -0.05) is 61.9 Å². The molecular formula is C20H18O. The van der Waals surface area contributed by atoms with E-state index in [0.29, 0.717) is 0 Å². The molecule has 0 radical (unpaired) electrons. The largest absolute Gasteiger partial charge is 0.388 e. The standard InChI is InChI=1S/C20H18O/c1-2-5-18(21)17-12-15-8-3-6-13-10-11-14-7-4-9-16(17)20(14)19(13)15/h3-4,6-12,18,21H,2,5H2,1H3. The fraction of sp³-hybridized carbons (Fsp3) is 0.200. The van der Waals surface area contributed by atoms with Gasteiger partial charge < -0.3 is 5.11 Å². The van der Waals surface area contributed by atoms with Gasteiger partial charge in [0.1, 0.15) is 0 Å². The summed E-state index contributed by atoms with van der Waals surface area (Å²) in [5.41, 5.74) is 1.06. The van der Waals surface area contributed by atoms with Gasteiger partial charge in [-0.25, -0.2) is 0 Å². The maximum Gasteiger partial charge on any atom is 0.0796 e. The van der Waals surface area contributed by atoms with Gasteiger partial charge in [-0.3, -0.25) is 0 Å². The maximum atomic E-state index is 10.5. The van der Waals surface area contributed by atoms with Gasteiger partial charge in [0.05, 0.1) is 6.10 Å². The van der Waals surface area contributed by atoms with Crippen molar-refractivity contribution < 1.29 is 5.11 Å². The van der Waals surface area contributed by atoms with Crippen LogP contribution in [0.4, 0.5) is 0 Å². The average Bonchev–Trinajstić information content (AvgIpc) is 2.52. The molecule has 0 aromatic heterocycles. The predicted octanol–water partition coefficient (Wildman–Crippen LogP) is 5.42. The van der Waals surface area contributed by atoms with Crippen molar-refractivity contribution in [3.8, 4) is 0 Å². The molecule has 0 spiro atoms. The van der Waals surface area contributed by atoms with E-state index in [4.69, 9.17) is 0 Å². The highest BCUT2D eigenvalue weighted by Gasteiger charge is 2.15. The van der Waals surface area contributed by atoms with Crippen molar-refractivity contribution >= 4 is 32.3 Å². The Morgan fingerprint density at radius 1 is 0.857 bits per heavy atom. The van der Waals surface area contributed by atoms with Crippen LogP contribution in [0.5, 0.6) is 0 Å². The van der Waals surface area contributed by atoms with E-state index < -0.39 is 0 Å². The third kappa shape index (κ3) is 1.81. The Bertz CT molecular complexity index is 923. The molecule has 104 valence electrons. The molecule has 4 aromatic carbocycles. The van der Waals surface area contributed by atoms with Crippen molar-refractivity contribution in [2.75, 3.05) is 0 Å². The summed E-state index contributed by atoms with van der Waals surface area (Å²) in [4.78, 5) is 0. The number of aliphatic hydroxyl groups excluding tert-OH is 1. The van der Waals surface area contributed by atoms with Crippen LogP contribution in [0.3, 0.4) is 0 Å². The first kappa shape index (κ1) is 12.6. The molecule has 0 aliphatic rings. The Morgan fingerprint density at radius 2 is 1.52 bits per heavy atom. The Balaban J connectivity index is 2.20. The van der Waals surface area contributed by atoms with Gasteiger partial charge in [0, 0.05) is 0 Å². The lowest BCUT2D eigenvalue weighted by Crippen LogP contribution is -1.99. The van der Waals surface area contributed by atoms with Crippen LogP contribution >= 0.6 is 0 Å². The number of benzene rings is 4. The van der Waals surface area contributed by atoms with Gasteiger partial charge in [0.15, 0.2) is 0 Å². The molecule has 1 nitrogen and oxygen atoms in total. The minimum atomic E-state index is -0.385. The van der Waals surface area contributed by atoms with E-state index >= 15 is 0 Å². The van der Waals surface area contributed by atoms with E-state index in [-0.39, 0.29) is 6.10 Å². The van der Waals surface area contributed by atoms with Crippen molar-refractivity contribution in [1.82, 2.24) is 0 Å². The molecule has 0 aliphatic carbocycles. The van der Waals surface area contributed by atoms with E-state index in [1.807, 2.05) is 0 Å². The summed E-state index contributed by atoms with van der Waals surface area (Å²) in [5, 5.41) is 18.1. The van der Waals surface area contributed by atoms with Gasteiger partial charge in [-0.2, -0.15) is 0 Å². The van der Waals surface area contributed by atoms with Gasteiger partial charge >= 0.3 is 0 Å². The average molecular weight is 274 g/mol. The summed E-state index contributed by atoms with van der Waals surface area (Å²) in [6, 6.07) is 19.3. The van der Waals surface area contributed by atoms with Gasteiger partial charge in [0.2, 0.25) is 0 Å². The van der Waals surface area contributed by atoms with Crippen LogP contribution in [-0.4, -0.2) is 5.11 Å². The molecular weight excluding hydrogens is 256 g/mol. The van der Waals surface area contributed by atoms with Crippen LogP contribution in [0.2, 0.25) is 0 Å². The third-order valence-corrected chi connectivity index (χ3v) is 4.46.